The third-order valence-corrected chi connectivity index (χ3v) is 2.26. The lowest BCUT2D eigenvalue weighted by Gasteiger charge is -2.19. The van der Waals surface area contributed by atoms with Gasteiger partial charge in [-0.25, -0.2) is 0 Å². The van der Waals surface area contributed by atoms with Crippen LogP contribution in [0.25, 0.3) is 0 Å². The Morgan fingerprint density at radius 3 is 2.57 bits per heavy atom. The molecule has 14 heavy (non-hydrogen) atoms. The summed E-state index contributed by atoms with van der Waals surface area (Å²) in [6.45, 7) is 6.52. The molecule has 4 nitrogen and oxygen atoms in total. The fourth-order valence-electron chi connectivity index (χ4n) is 0.911. The van der Waals surface area contributed by atoms with E-state index in [4.69, 9.17) is 0 Å². The Labute approximate surface area is 87.0 Å². The molecule has 0 aromatic heterocycles. The minimum atomic E-state index is 0.125. The van der Waals surface area contributed by atoms with Gasteiger partial charge in [-0.3, -0.25) is 4.79 Å². The summed E-state index contributed by atoms with van der Waals surface area (Å²) in [4.78, 5) is 13.4. The topological polar surface area (TPSA) is 44.4 Å². The first-order valence-corrected chi connectivity index (χ1v) is 5.21. The van der Waals surface area contributed by atoms with Crippen LogP contribution in [0.3, 0.4) is 0 Å². The first-order valence-electron chi connectivity index (χ1n) is 5.21. The van der Waals surface area contributed by atoms with Crippen LogP contribution in [0.15, 0.2) is 0 Å². The molecule has 0 bridgehead atoms. The number of hydrogen-bond donors (Lipinski definition) is 2. The van der Waals surface area contributed by atoms with E-state index in [1.807, 2.05) is 21.0 Å². The molecule has 0 rings (SSSR count). The molecule has 0 aromatic carbocycles. The Kier molecular flexibility index (Phi) is 7.42. The smallest absolute Gasteiger partial charge is 0.221 e. The number of carbonyl (C=O) groups excluding carboxylic acids is 1. The second-order valence-electron chi connectivity index (χ2n) is 3.72. The molecule has 1 amide bonds. The molecule has 0 aliphatic heterocycles. The van der Waals surface area contributed by atoms with Crippen LogP contribution < -0.4 is 10.6 Å². The molecule has 0 radical (unpaired) electrons. The minimum Gasteiger partial charge on any atom is -0.355 e. The SMILES string of the molecule is CCNCCC(=O)NCC(C)N(C)C. The lowest BCUT2D eigenvalue weighted by Crippen LogP contribution is -2.39. The van der Waals surface area contributed by atoms with E-state index in [1.54, 1.807) is 0 Å². The average molecular weight is 201 g/mol. The lowest BCUT2D eigenvalue weighted by atomic mass is 10.3. The first kappa shape index (κ1) is 13.4. The number of likely N-dealkylation sites (N-methyl/N-ethyl adjacent to an activating group) is 1. The molecule has 84 valence electrons. The maximum atomic E-state index is 11.3. The Balaban J connectivity index is 3.44. The van der Waals surface area contributed by atoms with Crippen LogP contribution in [0.5, 0.6) is 0 Å². The molecule has 0 aliphatic rings. The van der Waals surface area contributed by atoms with Gasteiger partial charge in [0.25, 0.3) is 0 Å². The molecule has 0 aliphatic carbocycles. The Bertz CT molecular complexity index is 159. The molecule has 1 atom stereocenters. The van der Waals surface area contributed by atoms with Crippen molar-refractivity contribution in [2.75, 3.05) is 33.7 Å². The number of amides is 1. The fraction of sp³-hybridized carbons (Fsp3) is 0.900. The van der Waals surface area contributed by atoms with E-state index >= 15 is 0 Å². The summed E-state index contributed by atoms with van der Waals surface area (Å²) < 4.78 is 0. The van der Waals surface area contributed by atoms with Crippen LogP contribution >= 0.6 is 0 Å². The van der Waals surface area contributed by atoms with Crippen LogP contribution in [-0.4, -0.2) is 50.6 Å². The van der Waals surface area contributed by atoms with E-state index in [1.165, 1.54) is 0 Å². The predicted molar refractivity (Wildman–Crippen MR) is 59.3 cm³/mol. The van der Waals surface area contributed by atoms with Crippen molar-refractivity contribution in [3.8, 4) is 0 Å². The number of nitrogens with zero attached hydrogens (tertiary/aromatic N) is 1. The summed E-state index contributed by atoms with van der Waals surface area (Å²) in [5.41, 5.74) is 0. The summed E-state index contributed by atoms with van der Waals surface area (Å²) in [7, 11) is 4.02. The third kappa shape index (κ3) is 6.86. The molecule has 0 fully saturated rings. The van der Waals surface area contributed by atoms with Gasteiger partial charge in [0.2, 0.25) is 5.91 Å². The molecular formula is C10H23N3O. The summed E-state index contributed by atoms with van der Waals surface area (Å²) >= 11 is 0. The van der Waals surface area contributed by atoms with E-state index in [-0.39, 0.29) is 5.91 Å². The first-order chi connectivity index (χ1) is 6.57. The van der Waals surface area contributed by atoms with Crippen LogP contribution in [0, 0.1) is 0 Å². The van der Waals surface area contributed by atoms with Gasteiger partial charge in [0.05, 0.1) is 0 Å². The van der Waals surface area contributed by atoms with Gasteiger partial charge in [0, 0.05) is 25.6 Å². The predicted octanol–water partition coefficient (Wildman–Crippen LogP) is 0.0523. The highest BCUT2D eigenvalue weighted by molar-refractivity contribution is 5.76. The van der Waals surface area contributed by atoms with E-state index in [2.05, 4.69) is 22.5 Å². The van der Waals surface area contributed by atoms with Crippen molar-refractivity contribution in [3.63, 3.8) is 0 Å². The molecule has 0 heterocycles. The van der Waals surface area contributed by atoms with Gasteiger partial charge in [-0.15, -0.1) is 0 Å². The zero-order valence-electron chi connectivity index (χ0n) is 9.76. The van der Waals surface area contributed by atoms with Gasteiger partial charge < -0.3 is 15.5 Å². The van der Waals surface area contributed by atoms with E-state index < -0.39 is 0 Å². The van der Waals surface area contributed by atoms with Crippen molar-refractivity contribution in [2.45, 2.75) is 26.3 Å². The zero-order chi connectivity index (χ0) is 11.0. The summed E-state index contributed by atoms with van der Waals surface area (Å²) in [5.74, 6) is 0.125. The largest absolute Gasteiger partial charge is 0.355 e. The Morgan fingerprint density at radius 1 is 1.43 bits per heavy atom. The van der Waals surface area contributed by atoms with E-state index in [0.29, 0.717) is 12.5 Å². The standard InChI is InChI=1S/C10H23N3O/c1-5-11-7-6-10(14)12-8-9(2)13(3)4/h9,11H,5-8H2,1-4H3,(H,12,14). The third-order valence-electron chi connectivity index (χ3n) is 2.26. The molecule has 0 saturated carbocycles. The van der Waals surface area contributed by atoms with Gasteiger partial charge in [0.15, 0.2) is 0 Å². The Morgan fingerprint density at radius 2 is 2.07 bits per heavy atom. The summed E-state index contributed by atoms with van der Waals surface area (Å²) in [6, 6.07) is 0.387. The van der Waals surface area contributed by atoms with E-state index in [0.717, 1.165) is 19.6 Å². The second kappa shape index (κ2) is 7.76. The van der Waals surface area contributed by atoms with E-state index in [9.17, 15) is 4.79 Å². The van der Waals surface area contributed by atoms with Crippen molar-refractivity contribution in [1.82, 2.24) is 15.5 Å². The van der Waals surface area contributed by atoms with Crippen molar-refractivity contribution >= 4 is 5.91 Å². The highest BCUT2D eigenvalue weighted by Crippen LogP contribution is 1.88. The van der Waals surface area contributed by atoms with Crippen molar-refractivity contribution in [3.05, 3.63) is 0 Å². The fourth-order valence-corrected chi connectivity index (χ4v) is 0.911. The average Bonchev–Trinajstić information content (AvgIpc) is 2.14. The molecular weight excluding hydrogens is 178 g/mol. The van der Waals surface area contributed by atoms with Crippen molar-refractivity contribution in [1.29, 1.82) is 0 Å². The quantitative estimate of drug-likeness (QED) is 0.572. The minimum absolute atomic E-state index is 0.125. The van der Waals surface area contributed by atoms with Crippen molar-refractivity contribution in [2.24, 2.45) is 0 Å². The van der Waals surface area contributed by atoms with Gasteiger partial charge in [-0.1, -0.05) is 6.92 Å². The van der Waals surface area contributed by atoms with Gasteiger partial charge >= 0.3 is 0 Å². The van der Waals surface area contributed by atoms with Gasteiger partial charge in [-0.05, 0) is 27.6 Å². The number of carbonyl (C=O) groups is 1. The Hall–Kier alpha value is -0.610. The van der Waals surface area contributed by atoms with Gasteiger partial charge in [0.1, 0.15) is 0 Å². The molecule has 1 unspecified atom stereocenters. The number of rotatable bonds is 7. The maximum absolute atomic E-state index is 11.3. The number of nitrogens with one attached hydrogen (secondary N) is 2. The monoisotopic (exact) mass is 201 g/mol. The van der Waals surface area contributed by atoms with Crippen LogP contribution in [0.2, 0.25) is 0 Å². The zero-order valence-corrected chi connectivity index (χ0v) is 9.76. The summed E-state index contributed by atoms with van der Waals surface area (Å²) in [6.07, 6.45) is 0.563. The lowest BCUT2D eigenvalue weighted by molar-refractivity contribution is -0.121. The second-order valence-corrected chi connectivity index (χ2v) is 3.72. The molecule has 0 saturated heterocycles. The normalized spacial score (nSPS) is 12.9. The molecule has 0 aromatic rings. The molecule has 4 heteroatoms. The van der Waals surface area contributed by atoms with Crippen LogP contribution in [0.1, 0.15) is 20.3 Å². The van der Waals surface area contributed by atoms with Crippen molar-refractivity contribution < 1.29 is 4.79 Å². The summed E-state index contributed by atoms with van der Waals surface area (Å²) in [5, 5.41) is 6.02. The number of hydrogen-bond acceptors (Lipinski definition) is 3. The maximum Gasteiger partial charge on any atom is 0.221 e. The molecule has 0 spiro atoms. The molecule has 2 N–H and O–H groups in total. The van der Waals surface area contributed by atoms with Crippen LogP contribution in [0.4, 0.5) is 0 Å². The van der Waals surface area contributed by atoms with Crippen LogP contribution in [-0.2, 0) is 4.79 Å². The van der Waals surface area contributed by atoms with Gasteiger partial charge in [-0.2, -0.15) is 0 Å². The highest BCUT2D eigenvalue weighted by Gasteiger charge is 2.06. The highest BCUT2D eigenvalue weighted by atomic mass is 16.1.